The van der Waals surface area contributed by atoms with Gasteiger partial charge in [-0.2, -0.15) is 0 Å². The molecule has 0 fully saturated rings. The van der Waals surface area contributed by atoms with Gasteiger partial charge < -0.3 is 4.57 Å². The van der Waals surface area contributed by atoms with Crippen LogP contribution >= 0.6 is 0 Å². The summed E-state index contributed by atoms with van der Waals surface area (Å²) in [5.74, 6) is 0. The van der Waals surface area contributed by atoms with E-state index < -0.39 is 8.24 Å². The van der Waals surface area contributed by atoms with Crippen LogP contribution in [0, 0.1) is 0 Å². The van der Waals surface area contributed by atoms with Crippen LogP contribution < -0.4 is 5.19 Å². The standard InChI is InChI=1S/C12H21NSi/c1-5-11-13(2)14(3,4)12-9-7-6-8-10-12/h6-10H,5,11H2,1-4H3. The van der Waals surface area contributed by atoms with Gasteiger partial charge in [0, 0.05) is 0 Å². The fourth-order valence-electron chi connectivity index (χ4n) is 1.68. The van der Waals surface area contributed by atoms with Crippen LogP contribution in [-0.4, -0.2) is 26.4 Å². The van der Waals surface area contributed by atoms with Crippen molar-refractivity contribution in [3.05, 3.63) is 30.3 Å². The third-order valence-corrected chi connectivity index (χ3v) is 6.87. The van der Waals surface area contributed by atoms with Crippen molar-refractivity contribution in [3.63, 3.8) is 0 Å². The Kier molecular flexibility index (Phi) is 3.90. The predicted octanol–water partition coefficient (Wildman–Crippen LogP) is 2.44. The lowest BCUT2D eigenvalue weighted by Crippen LogP contribution is -2.56. The summed E-state index contributed by atoms with van der Waals surface area (Å²) in [4.78, 5) is 0. The molecule has 0 radical (unpaired) electrons. The molecule has 0 unspecified atom stereocenters. The summed E-state index contributed by atoms with van der Waals surface area (Å²) >= 11 is 0. The van der Waals surface area contributed by atoms with Gasteiger partial charge in [-0.1, -0.05) is 50.3 Å². The summed E-state index contributed by atoms with van der Waals surface area (Å²) in [7, 11) is 0.882. The van der Waals surface area contributed by atoms with Gasteiger partial charge in [-0.3, -0.25) is 0 Å². The van der Waals surface area contributed by atoms with Crippen molar-refractivity contribution in [3.8, 4) is 0 Å². The molecule has 0 amide bonds. The van der Waals surface area contributed by atoms with Crippen LogP contribution in [0.25, 0.3) is 0 Å². The molecule has 0 aromatic heterocycles. The first kappa shape index (κ1) is 11.5. The fraction of sp³-hybridized carbons (Fsp3) is 0.500. The summed E-state index contributed by atoms with van der Waals surface area (Å²) in [6.07, 6.45) is 1.24. The zero-order chi connectivity index (χ0) is 10.6. The van der Waals surface area contributed by atoms with Crippen molar-refractivity contribution < 1.29 is 0 Å². The van der Waals surface area contributed by atoms with Gasteiger partial charge in [0.2, 0.25) is 0 Å². The normalized spacial score (nSPS) is 12.1. The highest BCUT2D eigenvalue weighted by Crippen LogP contribution is 2.08. The van der Waals surface area contributed by atoms with E-state index in [-0.39, 0.29) is 0 Å². The van der Waals surface area contributed by atoms with Crippen LogP contribution in [-0.2, 0) is 0 Å². The third kappa shape index (κ3) is 2.46. The lowest BCUT2D eigenvalue weighted by atomic mass is 10.4. The van der Waals surface area contributed by atoms with Crippen molar-refractivity contribution >= 4 is 13.4 Å². The Hall–Kier alpha value is -0.603. The number of benzene rings is 1. The summed E-state index contributed by atoms with van der Waals surface area (Å²) < 4.78 is 2.54. The average Bonchev–Trinajstić information content (AvgIpc) is 2.19. The van der Waals surface area contributed by atoms with Crippen molar-refractivity contribution in [1.82, 2.24) is 4.57 Å². The first-order valence-corrected chi connectivity index (χ1v) is 8.30. The Morgan fingerprint density at radius 2 is 1.71 bits per heavy atom. The largest absolute Gasteiger partial charge is 0.323 e. The molecule has 1 aromatic carbocycles. The average molecular weight is 207 g/mol. The Bertz CT molecular complexity index is 269. The van der Waals surface area contributed by atoms with Gasteiger partial charge in [0.15, 0.2) is 8.24 Å². The maximum atomic E-state index is 2.54. The zero-order valence-corrected chi connectivity index (χ0v) is 10.7. The first-order valence-electron chi connectivity index (χ1n) is 5.35. The van der Waals surface area contributed by atoms with Gasteiger partial charge in [-0.25, -0.2) is 0 Å². The summed E-state index contributed by atoms with van der Waals surface area (Å²) in [5, 5.41) is 1.52. The SMILES string of the molecule is CCCN(C)[Si](C)(C)c1ccccc1. The monoisotopic (exact) mass is 207 g/mol. The van der Waals surface area contributed by atoms with E-state index in [1.54, 1.807) is 0 Å². The van der Waals surface area contributed by atoms with Crippen LogP contribution in [0.15, 0.2) is 30.3 Å². The molecule has 0 saturated heterocycles. The molecule has 0 aliphatic rings. The fourth-order valence-corrected chi connectivity index (χ4v) is 3.91. The van der Waals surface area contributed by atoms with Crippen LogP contribution in [0.5, 0.6) is 0 Å². The van der Waals surface area contributed by atoms with Crippen LogP contribution in [0.1, 0.15) is 13.3 Å². The number of nitrogens with zero attached hydrogens (tertiary/aromatic N) is 1. The van der Waals surface area contributed by atoms with Gasteiger partial charge >= 0.3 is 0 Å². The number of hydrogen-bond acceptors (Lipinski definition) is 1. The predicted molar refractivity (Wildman–Crippen MR) is 66.5 cm³/mol. The highest BCUT2D eigenvalue weighted by Gasteiger charge is 2.27. The molecule has 1 nitrogen and oxygen atoms in total. The molecule has 0 N–H and O–H groups in total. The molecule has 0 atom stereocenters. The van der Waals surface area contributed by atoms with Gasteiger partial charge in [0.05, 0.1) is 0 Å². The second-order valence-corrected chi connectivity index (χ2v) is 8.81. The van der Waals surface area contributed by atoms with Gasteiger partial charge in [0.1, 0.15) is 0 Å². The number of hydrogen-bond donors (Lipinski definition) is 0. The zero-order valence-electron chi connectivity index (χ0n) is 9.75. The van der Waals surface area contributed by atoms with E-state index in [9.17, 15) is 0 Å². The lowest BCUT2D eigenvalue weighted by Gasteiger charge is -2.33. The smallest absolute Gasteiger partial charge is 0.153 e. The maximum Gasteiger partial charge on any atom is 0.153 e. The third-order valence-electron chi connectivity index (χ3n) is 2.99. The second-order valence-electron chi connectivity index (χ2n) is 4.35. The summed E-state index contributed by atoms with van der Waals surface area (Å²) in [6, 6.07) is 10.9. The molecular weight excluding hydrogens is 186 g/mol. The van der Waals surface area contributed by atoms with Crippen molar-refractivity contribution in [2.75, 3.05) is 13.6 Å². The van der Waals surface area contributed by atoms with Gasteiger partial charge in [0.25, 0.3) is 0 Å². The van der Waals surface area contributed by atoms with Crippen molar-refractivity contribution in [1.29, 1.82) is 0 Å². The lowest BCUT2D eigenvalue weighted by molar-refractivity contribution is 0.509. The molecule has 0 aliphatic heterocycles. The molecule has 0 heterocycles. The Morgan fingerprint density at radius 3 is 2.21 bits per heavy atom. The molecule has 0 aliphatic carbocycles. The Balaban J connectivity index is 2.84. The van der Waals surface area contributed by atoms with E-state index in [1.807, 2.05) is 0 Å². The molecule has 0 bridgehead atoms. The molecule has 1 rings (SSSR count). The first-order chi connectivity index (χ1) is 6.59. The molecule has 1 aromatic rings. The molecule has 0 saturated carbocycles. The van der Waals surface area contributed by atoms with Gasteiger partial charge in [-0.15, -0.1) is 0 Å². The summed E-state index contributed by atoms with van der Waals surface area (Å²) in [6.45, 7) is 8.27. The molecule has 78 valence electrons. The van der Waals surface area contributed by atoms with E-state index in [0.717, 1.165) is 0 Å². The van der Waals surface area contributed by atoms with Crippen molar-refractivity contribution in [2.45, 2.75) is 26.4 Å². The molecule has 14 heavy (non-hydrogen) atoms. The van der Waals surface area contributed by atoms with Crippen LogP contribution in [0.4, 0.5) is 0 Å². The van der Waals surface area contributed by atoms with Gasteiger partial charge in [-0.05, 0) is 25.2 Å². The number of rotatable bonds is 4. The minimum atomic E-state index is -1.37. The molecule has 0 spiro atoms. The minimum Gasteiger partial charge on any atom is -0.323 e. The molecular formula is C12H21NSi. The van der Waals surface area contributed by atoms with E-state index in [4.69, 9.17) is 0 Å². The Labute approximate surface area is 88.8 Å². The summed E-state index contributed by atoms with van der Waals surface area (Å²) in [5.41, 5.74) is 0. The van der Waals surface area contributed by atoms with E-state index >= 15 is 0 Å². The Morgan fingerprint density at radius 1 is 1.14 bits per heavy atom. The quantitative estimate of drug-likeness (QED) is 0.686. The van der Waals surface area contributed by atoms with Crippen LogP contribution in [0.3, 0.4) is 0 Å². The van der Waals surface area contributed by atoms with E-state index in [1.165, 1.54) is 18.2 Å². The topological polar surface area (TPSA) is 3.24 Å². The van der Waals surface area contributed by atoms with Crippen molar-refractivity contribution in [2.24, 2.45) is 0 Å². The van der Waals surface area contributed by atoms with Crippen LogP contribution in [0.2, 0.25) is 13.1 Å². The van der Waals surface area contributed by atoms with E-state index in [0.29, 0.717) is 0 Å². The minimum absolute atomic E-state index is 1.20. The second kappa shape index (κ2) is 4.76. The molecule has 2 heteroatoms. The maximum absolute atomic E-state index is 2.54. The highest BCUT2D eigenvalue weighted by molar-refractivity contribution is 6.87. The van der Waals surface area contributed by atoms with E-state index in [2.05, 4.69) is 62.0 Å². The highest BCUT2D eigenvalue weighted by atomic mass is 28.3.